The van der Waals surface area contributed by atoms with Crippen molar-refractivity contribution < 1.29 is 19.1 Å². The Morgan fingerprint density at radius 1 is 1.04 bits per heavy atom. The second kappa shape index (κ2) is 9.11. The van der Waals surface area contributed by atoms with E-state index >= 15 is 0 Å². The molecule has 0 aliphatic carbocycles. The van der Waals surface area contributed by atoms with Crippen LogP contribution in [0.2, 0.25) is 0 Å². The minimum absolute atomic E-state index is 0.227. The molecule has 5 heteroatoms. The molecule has 2 rings (SSSR count). The maximum atomic E-state index is 12.1. The average Bonchev–Trinajstić information content (AvgIpc) is 2.62. The van der Waals surface area contributed by atoms with Crippen LogP contribution in [0.25, 0.3) is 0 Å². The van der Waals surface area contributed by atoms with E-state index in [1.54, 1.807) is 11.8 Å². The molecule has 0 radical (unpaired) electrons. The molecule has 5 nitrogen and oxygen atoms in total. The topological polar surface area (TPSA) is 55.8 Å². The first kappa shape index (κ1) is 18.0. The van der Waals surface area contributed by atoms with Gasteiger partial charge >= 0.3 is 12.1 Å². The summed E-state index contributed by atoms with van der Waals surface area (Å²) >= 11 is 0. The first-order valence-electron chi connectivity index (χ1n) is 8.49. The number of hydrogen-bond donors (Lipinski definition) is 0. The lowest BCUT2D eigenvalue weighted by Gasteiger charge is -2.28. The third-order valence-electron chi connectivity index (χ3n) is 4.13. The van der Waals surface area contributed by atoms with E-state index in [9.17, 15) is 9.59 Å². The van der Waals surface area contributed by atoms with Gasteiger partial charge in [-0.25, -0.2) is 9.59 Å². The molecule has 0 atom stereocenters. The number of piperidine rings is 1. The highest BCUT2D eigenvalue weighted by Crippen LogP contribution is 2.23. The minimum Gasteiger partial charge on any atom is -0.463 e. The van der Waals surface area contributed by atoms with Crippen LogP contribution in [0.4, 0.5) is 4.79 Å². The van der Waals surface area contributed by atoms with Crippen LogP contribution in [0.1, 0.15) is 38.7 Å². The fraction of sp³-hybridized carbons (Fsp3) is 0.474. The number of hydrogen-bond acceptors (Lipinski definition) is 4. The Morgan fingerprint density at radius 2 is 1.71 bits per heavy atom. The summed E-state index contributed by atoms with van der Waals surface area (Å²) in [4.78, 5) is 25.8. The second-order valence-corrected chi connectivity index (χ2v) is 5.68. The third-order valence-corrected chi connectivity index (χ3v) is 4.13. The number of rotatable bonds is 5. The fourth-order valence-corrected chi connectivity index (χ4v) is 2.83. The second-order valence-electron chi connectivity index (χ2n) is 5.68. The van der Waals surface area contributed by atoms with E-state index < -0.39 is 0 Å². The van der Waals surface area contributed by atoms with Crippen molar-refractivity contribution in [1.82, 2.24) is 4.90 Å². The zero-order chi connectivity index (χ0) is 17.4. The molecular formula is C19H25NO4. The van der Waals surface area contributed by atoms with Gasteiger partial charge in [0.1, 0.15) is 6.61 Å². The van der Waals surface area contributed by atoms with E-state index in [1.807, 2.05) is 37.3 Å². The average molecular weight is 331 g/mol. The molecule has 0 spiro atoms. The quantitative estimate of drug-likeness (QED) is 0.610. The SMILES string of the molecule is CCOC(=O)C(CC)=C1CCN(C(=O)OCc2ccccc2)CC1. The van der Waals surface area contributed by atoms with Crippen molar-refractivity contribution in [2.24, 2.45) is 0 Å². The predicted octanol–water partition coefficient (Wildman–Crippen LogP) is 3.69. The zero-order valence-corrected chi connectivity index (χ0v) is 14.4. The Kier molecular flexibility index (Phi) is 6.85. The molecule has 1 saturated heterocycles. The monoisotopic (exact) mass is 331 g/mol. The Bertz CT molecular complexity index is 585. The molecule has 0 aromatic heterocycles. The molecule has 0 unspecified atom stereocenters. The van der Waals surface area contributed by atoms with Gasteiger partial charge in [0, 0.05) is 18.7 Å². The summed E-state index contributed by atoms with van der Waals surface area (Å²) in [5.41, 5.74) is 2.83. The fourth-order valence-electron chi connectivity index (χ4n) is 2.83. The number of carbonyl (C=O) groups is 2. The zero-order valence-electron chi connectivity index (χ0n) is 14.4. The van der Waals surface area contributed by atoms with Crippen molar-refractivity contribution in [2.75, 3.05) is 19.7 Å². The highest BCUT2D eigenvalue weighted by atomic mass is 16.6. The Labute approximate surface area is 143 Å². The van der Waals surface area contributed by atoms with E-state index in [2.05, 4.69) is 0 Å². The molecular weight excluding hydrogens is 306 g/mol. The highest BCUT2D eigenvalue weighted by Gasteiger charge is 2.24. The maximum Gasteiger partial charge on any atom is 0.410 e. The first-order valence-corrected chi connectivity index (χ1v) is 8.49. The van der Waals surface area contributed by atoms with Crippen LogP contribution >= 0.6 is 0 Å². The summed E-state index contributed by atoms with van der Waals surface area (Å²) in [5.74, 6) is -0.227. The highest BCUT2D eigenvalue weighted by molar-refractivity contribution is 5.89. The van der Waals surface area contributed by atoms with Gasteiger partial charge in [0.15, 0.2) is 0 Å². The smallest absolute Gasteiger partial charge is 0.410 e. The van der Waals surface area contributed by atoms with Gasteiger partial charge in [0.2, 0.25) is 0 Å². The number of esters is 1. The van der Waals surface area contributed by atoms with Crippen LogP contribution in [0.15, 0.2) is 41.5 Å². The summed E-state index contributed by atoms with van der Waals surface area (Å²) in [7, 11) is 0. The van der Waals surface area contributed by atoms with Gasteiger partial charge in [-0.05, 0) is 31.7 Å². The molecule has 1 aliphatic heterocycles. The molecule has 0 bridgehead atoms. The van der Waals surface area contributed by atoms with Crippen LogP contribution in [-0.2, 0) is 20.9 Å². The molecule has 1 amide bonds. The lowest BCUT2D eigenvalue weighted by atomic mass is 9.96. The molecule has 0 N–H and O–H groups in total. The number of likely N-dealkylation sites (tertiary alicyclic amines) is 1. The van der Waals surface area contributed by atoms with Gasteiger partial charge in [-0.1, -0.05) is 42.8 Å². The van der Waals surface area contributed by atoms with Crippen molar-refractivity contribution in [3.05, 3.63) is 47.0 Å². The van der Waals surface area contributed by atoms with Gasteiger partial charge in [-0.15, -0.1) is 0 Å². The molecule has 1 aromatic rings. The maximum absolute atomic E-state index is 12.1. The predicted molar refractivity (Wildman–Crippen MR) is 91.4 cm³/mol. The standard InChI is InChI=1S/C19H25NO4/c1-3-17(18(21)23-4-2)16-10-12-20(13-11-16)19(22)24-14-15-8-6-5-7-9-15/h5-9H,3-4,10-14H2,1-2H3. The summed E-state index contributed by atoms with van der Waals surface area (Å²) < 4.78 is 10.5. The van der Waals surface area contributed by atoms with E-state index in [1.165, 1.54) is 0 Å². The van der Waals surface area contributed by atoms with Crippen LogP contribution < -0.4 is 0 Å². The number of ether oxygens (including phenoxy) is 2. The van der Waals surface area contributed by atoms with Gasteiger partial charge in [0.25, 0.3) is 0 Å². The summed E-state index contributed by atoms with van der Waals surface area (Å²) in [6.07, 6.45) is 1.75. The molecule has 1 aromatic carbocycles. The van der Waals surface area contributed by atoms with Crippen molar-refractivity contribution >= 4 is 12.1 Å². The summed E-state index contributed by atoms with van der Waals surface area (Å²) in [6.45, 7) is 5.58. The van der Waals surface area contributed by atoms with Gasteiger partial charge in [-0.3, -0.25) is 0 Å². The molecule has 0 saturated carbocycles. The van der Waals surface area contributed by atoms with Crippen LogP contribution in [-0.4, -0.2) is 36.7 Å². The van der Waals surface area contributed by atoms with Crippen LogP contribution in [0.5, 0.6) is 0 Å². The van der Waals surface area contributed by atoms with Crippen molar-refractivity contribution in [3.8, 4) is 0 Å². The normalized spacial score (nSPS) is 14.2. The van der Waals surface area contributed by atoms with Crippen molar-refractivity contribution in [1.29, 1.82) is 0 Å². The Hall–Kier alpha value is -2.30. The number of carbonyl (C=O) groups excluding carboxylic acids is 2. The lowest BCUT2D eigenvalue weighted by molar-refractivity contribution is -0.138. The van der Waals surface area contributed by atoms with Crippen LogP contribution in [0.3, 0.4) is 0 Å². The molecule has 1 fully saturated rings. The minimum atomic E-state index is -0.299. The Morgan fingerprint density at radius 3 is 2.29 bits per heavy atom. The molecule has 1 heterocycles. The number of benzene rings is 1. The van der Waals surface area contributed by atoms with E-state index in [0.29, 0.717) is 39.0 Å². The molecule has 1 aliphatic rings. The summed E-state index contributed by atoms with van der Waals surface area (Å²) in [6, 6.07) is 9.62. The van der Waals surface area contributed by atoms with Gasteiger partial charge in [-0.2, -0.15) is 0 Å². The third kappa shape index (κ3) is 4.85. The van der Waals surface area contributed by atoms with Crippen molar-refractivity contribution in [2.45, 2.75) is 39.7 Å². The van der Waals surface area contributed by atoms with Gasteiger partial charge in [0.05, 0.1) is 6.61 Å². The van der Waals surface area contributed by atoms with E-state index in [4.69, 9.17) is 9.47 Å². The molecule has 130 valence electrons. The van der Waals surface area contributed by atoms with Gasteiger partial charge < -0.3 is 14.4 Å². The number of amides is 1. The number of nitrogens with zero attached hydrogens (tertiary/aromatic N) is 1. The first-order chi connectivity index (χ1) is 11.7. The summed E-state index contributed by atoms with van der Waals surface area (Å²) in [5, 5.41) is 0. The largest absolute Gasteiger partial charge is 0.463 e. The van der Waals surface area contributed by atoms with Crippen LogP contribution in [0, 0.1) is 0 Å². The van der Waals surface area contributed by atoms with Crippen molar-refractivity contribution in [3.63, 3.8) is 0 Å². The Balaban J connectivity index is 1.87. The molecule has 24 heavy (non-hydrogen) atoms. The van der Waals surface area contributed by atoms with E-state index in [-0.39, 0.29) is 18.7 Å². The lowest BCUT2D eigenvalue weighted by Crippen LogP contribution is -2.37. The van der Waals surface area contributed by atoms with E-state index in [0.717, 1.165) is 16.7 Å².